The summed E-state index contributed by atoms with van der Waals surface area (Å²) in [5, 5.41) is 2.55. The van der Waals surface area contributed by atoms with Crippen LogP contribution in [0.15, 0.2) is 97.1 Å². The van der Waals surface area contributed by atoms with Gasteiger partial charge < -0.3 is 0 Å². The molecule has 3 aromatic carbocycles. The maximum Gasteiger partial charge on any atom is 0.0142 e. The summed E-state index contributed by atoms with van der Waals surface area (Å²) in [6.07, 6.45) is 5.30. The average Bonchev–Trinajstić information content (AvgIpc) is 2.64. The van der Waals surface area contributed by atoms with E-state index in [1.807, 2.05) is 18.2 Å². The lowest BCUT2D eigenvalue weighted by Gasteiger charge is -2.21. The van der Waals surface area contributed by atoms with Gasteiger partial charge in [-0.25, -0.2) is 0 Å². The van der Waals surface area contributed by atoms with E-state index in [-0.39, 0.29) is 0 Å². The molecule has 0 aliphatic carbocycles. The number of hydrogen-bond donors (Lipinski definition) is 0. The Morgan fingerprint density at radius 1 is 0.652 bits per heavy atom. The molecule has 0 unspecified atom stereocenters. The molecule has 114 valence electrons. The van der Waals surface area contributed by atoms with Crippen LogP contribution in [-0.2, 0) is 11.8 Å². The van der Waals surface area contributed by atoms with Gasteiger partial charge in [0, 0.05) is 12.2 Å². The highest BCUT2D eigenvalue weighted by Gasteiger charge is 2.20. The first-order valence-electron chi connectivity index (χ1n) is 7.71. The molecule has 0 aliphatic heterocycles. The van der Waals surface area contributed by atoms with Gasteiger partial charge in [-0.1, -0.05) is 115 Å². The zero-order chi connectivity index (χ0) is 16.0. The van der Waals surface area contributed by atoms with Crippen molar-refractivity contribution in [2.45, 2.75) is 0 Å². The minimum atomic E-state index is -1.81. The standard InChI is InChI=1S/C21H19PS/c23-22(20-14-6-2-7-15-20,21-16-8-3-9-17-21)18-10-13-19-11-4-1-5-12-19/h1-17H,18H2/b13-10-. The predicted molar refractivity (Wildman–Crippen MR) is 107 cm³/mol. The third kappa shape index (κ3) is 3.88. The Balaban J connectivity index is 1.94. The average molecular weight is 334 g/mol. The molecule has 0 atom stereocenters. The largest absolute Gasteiger partial charge is 0.0873 e. The van der Waals surface area contributed by atoms with Crippen LogP contribution in [0.1, 0.15) is 5.56 Å². The van der Waals surface area contributed by atoms with Gasteiger partial charge in [-0.3, -0.25) is 0 Å². The number of allylic oxidation sites excluding steroid dienone is 1. The van der Waals surface area contributed by atoms with Crippen LogP contribution < -0.4 is 10.6 Å². The van der Waals surface area contributed by atoms with E-state index < -0.39 is 6.04 Å². The summed E-state index contributed by atoms with van der Waals surface area (Å²) in [5.41, 5.74) is 1.22. The summed E-state index contributed by atoms with van der Waals surface area (Å²) in [4.78, 5) is 0. The Labute approximate surface area is 143 Å². The van der Waals surface area contributed by atoms with Gasteiger partial charge in [-0.2, -0.15) is 0 Å². The van der Waals surface area contributed by atoms with Crippen molar-refractivity contribution in [2.75, 3.05) is 6.16 Å². The van der Waals surface area contributed by atoms with Gasteiger partial charge in [-0.15, -0.1) is 0 Å². The van der Waals surface area contributed by atoms with Gasteiger partial charge in [-0.05, 0) is 16.2 Å². The number of rotatable bonds is 5. The fourth-order valence-corrected chi connectivity index (χ4v) is 6.02. The Kier molecular flexibility index (Phi) is 5.23. The molecule has 0 nitrogen and oxygen atoms in total. The van der Waals surface area contributed by atoms with E-state index in [1.54, 1.807) is 0 Å². The second-order valence-corrected chi connectivity index (χ2v) is 10.2. The molecule has 0 heterocycles. The van der Waals surface area contributed by atoms with Crippen molar-refractivity contribution < 1.29 is 0 Å². The molecule has 23 heavy (non-hydrogen) atoms. The topological polar surface area (TPSA) is 0 Å². The van der Waals surface area contributed by atoms with E-state index in [4.69, 9.17) is 11.8 Å². The van der Waals surface area contributed by atoms with Crippen molar-refractivity contribution >= 4 is 34.5 Å². The first-order valence-corrected chi connectivity index (χ1v) is 10.7. The Bertz CT molecular complexity index is 765. The molecule has 3 aromatic rings. The van der Waals surface area contributed by atoms with Gasteiger partial charge in [0.25, 0.3) is 0 Å². The minimum Gasteiger partial charge on any atom is -0.0873 e. The predicted octanol–water partition coefficient (Wildman–Crippen LogP) is 4.83. The van der Waals surface area contributed by atoms with E-state index in [2.05, 4.69) is 84.9 Å². The van der Waals surface area contributed by atoms with Crippen LogP contribution in [0.3, 0.4) is 0 Å². The summed E-state index contributed by atoms with van der Waals surface area (Å²) in [6.45, 7) is 0. The van der Waals surface area contributed by atoms with Crippen molar-refractivity contribution in [1.29, 1.82) is 0 Å². The van der Waals surface area contributed by atoms with Crippen molar-refractivity contribution in [2.24, 2.45) is 0 Å². The molecular weight excluding hydrogens is 315 g/mol. The maximum atomic E-state index is 6.21. The first kappa shape index (κ1) is 15.9. The molecule has 3 rings (SSSR count). The van der Waals surface area contributed by atoms with E-state index in [1.165, 1.54) is 16.2 Å². The normalized spacial score (nSPS) is 11.7. The summed E-state index contributed by atoms with van der Waals surface area (Å²) in [7, 11) is 0. The molecule has 0 aromatic heterocycles. The van der Waals surface area contributed by atoms with Crippen molar-refractivity contribution in [3.63, 3.8) is 0 Å². The lowest BCUT2D eigenvalue weighted by atomic mass is 10.2. The van der Waals surface area contributed by atoms with Crippen molar-refractivity contribution in [3.8, 4) is 0 Å². The van der Waals surface area contributed by atoms with Crippen LogP contribution in [0, 0.1) is 0 Å². The first-order chi connectivity index (χ1) is 11.3. The summed E-state index contributed by atoms with van der Waals surface area (Å²) >= 11 is 6.21. The second kappa shape index (κ2) is 7.55. The Morgan fingerprint density at radius 2 is 1.09 bits per heavy atom. The Morgan fingerprint density at radius 3 is 1.57 bits per heavy atom. The molecule has 0 radical (unpaired) electrons. The van der Waals surface area contributed by atoms with Crippen LogP contribution >= 0.6 is 6.04 Å². The van der Waals surface area contributed by atoms with E-state index in [9.17, 15) is 0 Å². The lowest BCUT2D eigenvalue weighted by molar-refractivity contribution is 1.64. The van der Waals surface area contributed by atoms with Gasteiger partial charge >= 0.3 is 0 Å². The molecule has 0 amide bonds. The van der Waals surface area contributed by atoms with Crippen LogP contribution in [0.4, 0.5) is 0 Å². The molecule has 0 bridgehead atoms. The van der Waals surface area contributed by atoms with Crippen molar-refractivity contribution in [3.05, 3.63) is 103 Å². The molecule has 0 spiro atoms. The monoisotopic (exact) mass is 334 g/mol. The zero-order valence-corrected chi connectivity index (χ0v) is 14.6. The van der Waals surface area contributed by atoms with Gasteiger partial charge in [0.1, 0.15) is 0 Å². The lowest BCUT2D eigenvalue weighted by Crippen LogP contribution is -2.17. The highest BCUT2D eigenvalue weighted by molar-refractivity contribution is 8.22. The molecule has 0 aliphatic rings. The maximum absolute atomic E-state index is 6.21. The molecule has 0 fully saturated rings. The molecular formula is C21H19PS. The highest BCUT2D eigenvalue weighted by atomic mass is 32.4. The third-order valence-corrected chi connectivity index (χ3v) is 8.52. The Hall–Kier alpha value is -1.95. The quantitative estimate of drug-likeness (QED) is 0.602. The smallest absolute Gasteiger partial charge is 0.0142 e. The SMILES string of the molecule is S=P(C/C=C\c1ccccc1)(c1ccccc1)c1ccccc1. The van der Waals surface area contributed by atoms with Crippen LogP contribution in [0.25, 0.3) is 6.08 Å². The third-order valence-electron chi connectivity index (χ3n) is 3.82. The highest BCUT2D eigenvalue weighted by Crippen LogP contribution is 2.43. The second-order valence-electron chi connectivity index (χ2n) is 5.41. The summed E-state index contributed by atoms with van der Waals surface area (Å²) in [5.74, 6) is 0. The summed E-state index contributed by atoms with van der Waals surface area (Å²) in [6, 6.07) is 29.7. The molecule has 0 saturated heterocycles. The van der Waals surface area contributed by atoms with Gasteiger partial charge in [0.2, 0.25) is 0 Å². The van der Waals surface area contributed by atoms with Crippen LogP contribution in [0.2, 0.25) is 0 Å². The van der Waals surface area contributed by atoms with E-state index in [0.717, 1.165) is 6.16 Å². The molecule has 0 saturated carbocycles. The van der Waals surface area contributed by atoms with Crippen LogP contribution in [0.5, 0.6) is 0 Å². The molecule has 0 N–H and O–H groups in total. The fraction of sp³-hybridized carbons (Fsp3) is 0.0476. The molecule has 2 heteroatoms. The number of benzene rings is 3. The van der Waals surface area contributed by atoms with E-state index >= 15 is 0 Å². The van der Waals surface area contributed by atoms with Crippen LogP contribution in [-0.4, -0.2) is 6.16 Å². The van der Waals surface area contributed by atoms with E-state index in [0.29, 0.717) is 0 Å². The number of hydrogen-bond acceptors (Lipinski definition) is 1. The fourth-order valence-electron chi connectivity index (χ4n) is 2.60. The van der Waals surface area contributed by atoms with Gasteiger partial charge in [0.05, 0.1) is 0 Å². The van der Waals surface area contributed by atoms with Gasteiger partial charge in [0.15, 0.2) is 0 Å². The summed E-state index contributed by atoms with van der Waals surface area (Å²) < 4.78 is 0. The minimum absolute atomic E-state index is 0.894. The zero-order valence-electron chi connectivity index (χ0n) is 12.9. The van der Waals surface area contributed by atoms with Crippen molar-refractivity contribution in [1.82, 2.24) is 0 Å².